The van der Waals surface area contributed by atoms with E-state index in [-0.39, 0.29) is 23.5 Å². The molecule has 1 heterocycles. The standard InChI is InChI=1S/C12H13ClN2O/c1-12(2,16)11-9(14)6-7-5-8(13)3-4-10(7)15-11/h3-6,16H,14H2,1-2H3/i4D,6D. The third-order valence-electron chi connectivity index (χ3n) is 2.21. The quantitative estimate of drug-likeness (QED) is 0.803. The number of fused-ring (bicyclic) bond motifs is 1. The van der Waals surface area contributed by atoms with Crippen molar-refractivity contribution in [3.05, 3.63) is 34.9 Å². The molecule has 2 rings (SSSR count). The molecule has 0 unspecified atom stereocenters. The molecule has 0 fully saturated rings. The molecule has 0 saturated carbocycles. The van der Waals surface area contributed by atoms with Gasteiger partial charge in [-0.15, -0.1) is 0 Å². The van der Waals surface area contributed by atoms with E-state index in [2.05, 4.69) is 4.98 Å². The number of anilines is 1. The van der Waals surface area contributed by atoms with Gasteiger partial charge in [-0.05, 0) is 38.1 Å². The van der Waals surface area contributed by atoms with Gasteiger partial charge in [-0.3, -0.25) is 0 Å². The summed E-state index contributed by atoms with van der Waals surface area (Å²) in [7, 11) is 0. The molecule has 0 aliphatic carbocycles. The minimum absolute atomic E-state index is 0.0353. The molecule has 84 valence electrons. The first-order chi connectivity index (χ1) is 8.21. The van der Waals surface area contributed by atoms with Crippen molar-refractivity contribution in [1.82, 2.24) is 4.98 Å². The third-order valence-corrected chi connectivity index (χ3v) is 2.43. The molecule has 0 aliphatic rings. The normalized spacial score (nSPS) is 13.8. The average Bonchev–Trinajstić information content (AvgIpc) is 2.22. The van der Waals surface area contributed by atoms with E-state index in [1.54, 1.807) is 6.07 Å². The van der Waals surface area contributed by atoms with Gasteiger partial charge in [-0.1, -0.05) is 11.6 Å². The van der Waals surface area contributed by atoms with E-state index in [9.17, 15) is 5.11 Å². The summed E-state index contributed by atoms with van der Waals surface area (Å²) in [5.74, 6) is 0. The second kappa shape index (κ2) is 3.61. The number of hydrogen-bond acceptors (Lipinski definition) is 3. The first kappa shape index (κ1) is 8.79. The maximum atomic E-state index is 9.99. The third kappa shape index (κ3) is 1.96. The van der Waals surface area contributed by atoms with Crippen molar-refractivity contribution in [2.45, 2.75) is 19.4 Å². The predicted octanol–water partition coefficient (Wildman–Crippen LogP) is 2.70. The van der Waals surface area contributed by atoms with E-state index in [1.165, 1.54) is 19.9 Å². The molecule has 0 radical (unpaired) electrons. The largest absolute Gasteiger partial charge is 0.397 e. The summed E-state index contributed by atoms with van der Waals surface area (Å²) < 4.78 is 15.8. The van der Waals surface area contributed by atoms with Crippen LogP contribution in [0.15, 0.2) is 24.2 Å². The smallest absolute Gasteiger partial charge is 0.103 e. The van der Waals surface area contributed by atoms with E-state index in [4.69, 9.17) is 20.1 Å². The molecule has 3 nitrogen and oxygen atoms in total. The number of aliphatic hydroxyl groups is 1. The van der Waals surface area contributed by atoms with Crippen LogP contribution in [0.1, 0.15) is 22.3 Å². The van der Waals surface area contributed by atoms with E-state index < -0.39 is 5.60 Å². The van der Waals surface area contributed by atoms with E-state index in [1.807, 2.05) is 0 Å². The summed E-state index contributed by atoms with van der Waals surface area (Å²) in [6, 6.07) is 3.14. The SMILES string of the molecule is [2H]c1c(N)c(C(C)(C)O)nc2c([2H])cc(Cl)cc12. The van der Waals surface area contributed by atoms with Gasteiger partial charge < -0.3 is 10.8 Å². The number of rotatable bonds is 1. The summed E-state index contributed by atoms with van der Waals surface area (Å²) in [6.07, 6.45) is 0. The minimum atomic E-state index is -1.26. The van der Waals surface area contributed by atoms with Gasteiger partial charge in [0.25, 0.3) is 0 Å². The molecular formula is C12H13ClN2O. The second-order valence-corrected chi connectivity index (χ2v) is 4.57. The fourth-order valence-electron chi connectivity index (χ4n) is 1.49. The number of aromatic nitrogens is 1. The molecule has 1 aromatic heterocycles. The van der Waals surface area contributed by atoms with Crippen LogP contribution in [-0.2, 0) is 5.60 Å². The Bertz CT molecular complexity index is 638. The molecule has 0 atom stereocenters. The van der Waals surface area contributed by atoms with Crippen molar-refractivity contribution in [3.8, 4) is 0 Å². The van der Waals surface area contributed by atoms with Crippen molar-refractivity contribution in [2.24, 2.45) is 0 Å². The maximum absolute atomic E-state index is 9.99. The Morgan fingerprint density at radius 2 is 2.25 bits per heavy atom. The molecule has 16 heavy (non-hydrogen) atoms. The number of halogens is 1. The van der Waals surface area contributed by atoms with Gasteiger partial charge >= 0.3 is 0 Å². The van der Waals surface area contributed by atoms with Gasteiger partial charge in [0.2, 0.25) is 0 Å². The van der Waals surface area contributed by atoms with Gasteiger partial charge in [0.1, 0.15) is 5.60 Å². The Morgan fingerprint density at radius 3 is 2.88 bits per heavy atom. The van der Waals surface area contributed by atoms with Crippen LogP contribution < -0.4 is 5.73 Å². The number of pyridine rings is 1. The summed E-state index contributed by atoms with van der Waals surface area (Å²) >= 11 is 5.86. The first-order valence-electron chi connectivity index (χ1n) is 5.80. The Hall–Kier alpha value is -1.32. The molecule has 0 amide bonds. The molecule has 2 aromatic rings. The Balaban J connectivity index is 2.93. The van der Waals surface area contributed by atoms with Crippen molar-refractivity contribution < 1.29 is 7.85 Å². The van der Waals surface area contributed by atoms with Gasteiger partial charge in [-0.2, -0.15) is 0 Å². The number of hydrogen-bond donors (Lipinski definition) is 2. The zero-order chi connectivity index (χ0) is 13.7. The molecular weight excluding hydrogens is 224 g/mol. The molecule has 4 heteroatoms. The van der Waals surface area contributed by atoms with Crippen molar-refractivity contribution in [1.29, 1.82) is 0 Å². The van der Waals surface area contributed by atoms with E-state index in [0.717, 1.165) is 0 Å². The zero-order valence-electron chi connectivity index (χ0n) is 11.0. The van der Waals surface area contributed by atoms with Crippen LogP contribution in [0, 0.1) is 0 Å². The highest BCUT2D eigenvalue weighted by Gasteiger charge is 2.21. The number of nitrogens with zero attached hydrogens (tertiary/aromatic N) is 1. The number of nitrogens with two attached hydrogens (primary N) is 1. The summed E-state index contributed by atoms with van der Waals surface area (Å²) in [6.45, 7) is 3.08. The fraction of sp³-hybridized carbons (Fsp3) is 0.250. The second-order valence-electron chi connectivity index (χ2n) is 4.14. The highest BCUT2D eigenvalue weighted by Crippen LogP contribution is 2.28. The Kier molecular flexibility index (Phi) is 1.98. The highest BCUT2D eigenvalue weighted by molar-refractivity contribution is 6.31. The lowest BCUT2D eigenvalue weighted by Crippen LogP contribution is -2.19. The fourth-order valence-corrected chi connectivity index (χ4v) is 1.66. The molecule has 0 bridgehead atoms. The van der Waals surface area contributed by atoms with Gasteiger partial charge in [0, 0.05) is 10.4 Å². The molecule has 0 spiro atoms. The summed E-state index contributed by atoms with van der Waals surface area (Å²) in [5.41, 5.74) is 5.18. The summed E-state index contributed by atoms with van der Waals surface area (Å²) in [5, 5.41) is 10.8. The highest BCUT2D eigenvalue weighted by atomic mass is 35.5. The molecule has 0 saturated heterocycles. The number of nitrogen functional groups attached to an aromatic ring is 1. The monoisotopic (exact) mass is 238 g/mol. The van der Waals surface area contributed by atoms with Crippen LogP contribution in [-0.4, -0.2) is 10.1 Å². The first-order valence-corrected chi connectivity index (χ1v) is 5.18. The maximum Gasteiger partial charge on any atom is 0.103 e. The molecule has 3 N–H and O–H groups in total. The minimum Gasteiger partial charge on any atom is -0.397 e. The van der Waals surface area contributed by atoms with E-state index in [0.29, 0.717) is 15.9 Å². The topological polar surface area (TPSA) is 59.1 Å². The Labute approximate surface area is 102 Å². The van der Waals surface area contributed by atoms with Crippen LogP contribution >= 0.6 is 11.6 Å². The van der Waals surface area contributed by atoms with Crippen molar-refractivity contribution in [2.75, 3.05) is 5.73 Å². The zero-order valence-corrected chi connectivity index (χ0v) is 9.76. The lowest BCUT2D eigenvalue weighted by Gasteiger charge is -2.19. The van der Waals surface area contributed by atoms with Crippen LogP contribution in [0.2, 0.25) is 5.02 Å². The van der Waals surface area contributed by atoms with Crippen molar-refractivity contribution >= 4 is 28.2 Å². The van der Waals surface area contributed by atoms with Crippen LogP contribution in [0.25, 0.3) is 10.9 Å². The van der Waals surface area contributed by atoms with Gasteiger partial charge in [0.15, 0.2) is 0 Å². The van der Waals surface area contributed by atoms with E-state index >= 15 is 0 Å². The number of benzene rings is 1. The lowest BCUT2D eigenvalue weighted by atomic mass is 10.0. The molecule has 1 aromatic carbocycles. The van der Waals surface area contributed by atoms with Gasteiger partial charge in [0.05, 0.1) is 19.6 Å². The van der Waals surface area contributed by atoms with Crippen LogP contribution in [0.4, 0.5) is 5.69 Å². The molecule has 0 aliphatic heterocycles. The van der Waals surface area contributed by atoms with Crippen molar-refractivity contribution in [3.63, 3.8) is 0 Å². The average molecular weight is 239 g/mol. The summed E-state index contributed by atoms with van der Waals surface area (Å²) in [4.78, 5) is 4.21. The predicted molar refractivity (Wildman–Crippen MR) is 66.4 cm³/mol. The lowest BCUT2D eigenvalue weighted by molar-refractivity contribution is 0.0751. The Morgan fingerprint density at radius 1 is 1.56 bits per heavy atom. The van der Waals surface area contributed by atoms with Crippen LogP contribution in [0.3, 0.4) is 0 Å². The van der Waals surface area contributed by atoms with Crippen LogP contribution in [0.5, 0.6) is 0 Å². The van der Waals surface area contributed by atoms with Gasteiger partial charge in [-0.25, -0.2) is 4.98 Å².